The van der Waals surface area contributed by atoms with Crippen molar-refractivity contribution in [3.05, 3.63) is 35.4 Å². The quantitative estimate of drug-likeness (QED) is 0.672. The fourth-order valence-corrected chi connectivity index (χ4v) is 2.52. The summed E-state index contributed by atoms with van der Waals surface area (Å²) in [5, 5.41) is 6.83. The number of ether oxygens (including phenoxy) is 2. The van der Waals surface area contributed by atoms with Crippen LogP contribution >= 0.6 is 0 Å². The number of hydrogen-bond donors (Lipinski definition) is 2. The van der Waals surface area contributed by atoms with Crippen LogP contribution in [0.1, 0.15) is 23.7 Å². The van der Waals surface area contributed by atoms with E-state index < -0.39 is 0 Å². The highest BCUT2D eigenvalue weighted by molar-refractivity contribution is 5.31. The molecule has 1 atom stereocenters. The van der Waals surface area contributed by atoms with Crippen molar-refractivity contribution in [2.24, 2.45) is 0 Å². The molecule has 1 aromatic carbocycles. The number of methoxy groups -OCH3 is 1. The predicted octanol–water partition coefficient (Wildman–Crippen LogP) is 1.52. The minimum atomic E-state index is 0.210. The van der Waals surface area contributed by atoms with Crippen LogP contribution < -0.4 is 10.6 Å². The van der Waals surface area contributed by atoms with Gasteiger partial charge in [-0.25, -0.2) is 0 Å². The lowest BCUT2D eigenvalue weighted by Crippen LogP contribution is -2.30. The molecule has 1 aliphatic rings. The summed E-state index contributed by atoms with van der Waals surface area (Å²) in [5.74, 6) is 0. The summed E-state index contributed by atoms with van der Waals surface area (Å²) in [7, 11) is 1.73. The van der Waals surface area contributed by atoms with E-state index in [1.165, 1.54) is 11.1 Å². The summed E-state index contributed by atoms with van der Waals surface area (Å²) in [6.45, 7) is 5.48. The molecule has 0 bridgehead atoms. The largest absolute Gasteiger partial charge is 0.383 e. The molecule has 0 saturated heterocycles. The van der Waals surface area contributed by atoms with Gasteiger partial charge in [-0.05, 0) is 37.1 Å². The van der Waals surface area contributed by atoms with Crippen LogP contribution in [-0.4, -0.2) is 46.5 Å². The molecule has 1 unspecified atom stereocenters. The van der Waals surface area contributed by atoms with Crippen LogP contribution in [-0.2, 0) is 15.9 Å². The molecule has 20 heavy (non-hydrogen) atoms. The average molecular weight is 278 g/mol. The van der Waals surface area contributed by atoms with Crippen LogP contribution in [0.3, 0.4) is 0 Å². The van der Waals surface area contributed by atoms with Crippen LogP contribution in [0.25, 0.3) is 0 Å². The minimum Gasteiger partial charge on any atom is -0.383 e. The Bertz CT molecular complexity index is 384. The van der Waals surface area contributed by atoms with E-state index in [9.17, 15) is 0 Å². The Morgan fingerprint density at radius 1 is 1.20 bits per heavy atom. The van der Waals surface area contributed by atoms with E-state index in [2.05, 4.69) is 34.9 Å². The Labute approximate surface area is 121 Å². The van der Waals surface area contributed by atoms with Crippen molar-refractivity contribution in [1.29, 1.82) is 0 Å². The molecule has 4 nitrogen and oxygen atoms in total. The van der Waals surface area contributed by atoms with Gasteiger partial charge in [-0.3, -0.25) is 0 Å². The van der Waals surface area contributed by atoms with Crippen LogP contribution in [0.4, 0.5) is 0 Å². The van der Waals surface area contributed by atoms with Gasteiger partial charge in [0.05, 0.1) is 19.3 Å². The highest BCUT2D eigenvalue weighted by Crippen LogP contribution is 2.25. The molecule has 0 fully saturated rings. The summed E-state index contributed by atoms with van der Waals surface area (Å²) in [4.78, 5) is 0. The highest BCUT2D eigenvalue weighted by Gasteiger charge is 2.19. The maximum atomic E-state index is 5.87. The SMILES string of the molecule is COCCNCCCNCC1OCCc2ccccc21. The number of hydrogen-bond acceptors (Lipinski definition) is 4. The van der Waals surface area contributed by atoms with E-state index in [1.807, 2.05) is 0 Å². The van der Waals surface area contributed by atoms with Gasteiger partial charge in [0.1, 0.15) is 0 Å². The molecule has 0 aromatic heterocycles. The smallest absolute Gasteiger partial charge is 0.0952 e. The van der Waals surface area contributed by atoms with Gasteiger partial charge in [-0.1, -0.05) is 24.3 Å². The fourth-order valence-electron chi connectivity index (χ4n) is 2.52. The number of fused-ring (bicyclic) bond motifs is 1. The third-order valence-corrected chi connectivity index (χ3v) is 3.61. The number of rotatable bonds is 9. The van der Waals surface area contributed by atoms with Crippen molar-refractivity contribution in [2.75, 3.05) is 46.5 Å². The Morgan fingerprint density at radius 3 is 2.95 bits per heavy atom. The van der Waals surface area contributed by atoms with Gasteiger partial charge < -0.3 is 20.1 Å². The zero-order valence-corrected chi connectivity index (χ0v) is 12.4. The molecule has 0 amide bonds. The molecule has 2 rings (SSSR count). The van der Waals surface area contributed by atoms with Crippen molar-refractivity contribution < 1.29 is 9.47 Å². The molecule has 1 aliphatic heterocycles. The van der Waals surface area contributed by atoms with Crippen molar-refractivity contribution in [3.63, 3.8) is 0 Å². The summed E-state index contributed by atoms with van der Waals surface area (Å²) in [6, 6.07) is 8.61. The van der Waals surface area contributed by atoms with Crippen molar-refractivity contribution in [1.82, 2.24) is 10.6 Å². The Balaban J connectivity index is 1.61. The van der Waals surface area contributed by atoms with E-state index in [0.717, 1.165) is 52.2 Å². The molecule has 0 radical (unpaired) electrons. The number of nitrogens with one attached hydrogen (secondary N) is 2. The molecule has 1 heterocycles. The second-order valence-electron chi connectivity index (χ2n) is 5.11. The monoisotopic (exact) mass is 278 g/mol. The molecular weight excluding hydrogens is 252 g/mol. The fraction of sp³-hybridized carbons (Fsp3) is 0.625. The van der Waals surface area contributed by atoms with Gasteiger partial charge in [0.25, 0.3) is 0 Å². The van der Waals surface area contributed by atoms with Crippen molar-refractivity contribution >= 4 is 0 Å². The van der Waals surface area contributed by atoms with E-state index in [-0.39, 0.29) is 6.10 Å². The molecule has 2 N–H and O–H groups in total. The van der Waals surface area contributed by atoms with Crippen LogP contribution in [0.15, 0.2) is 24.3 Å². The van der Waals surface area contributed by atoms with Gasteiger partial charge in [0.2, 0.25) is 0 Å². The Hall–Kier alpha value is -0.940. The van der Waals surface area contributed by atoms with E-state index in [4.69, 9.17) is 9.47 Å². The normalized spacial score (nSPS) is 17.9. The summed E-state index contributed by atoms with van der Waals surface area (Å²) >= 11 is 0. The molecule has 4 heteroatoms. The van der Waals surface area contributed by atoms with Crippen LogP contribution in [0.5, 0.6) is 0 Å². The second-order valence-corrected chi connectivity index (χ2v) is 5.11. The van der Waals surface area contributed by atoms with Crippen LogP contribution in [0.2, 0.25) is 0 Å². The lowest BCUT2D eigenvalue weighted by molar-refractivity contribution is 0.0426. The first-order valence-corrected chi connectivity index (χ1v) is 7.51. The topological polar surface area (TPSA) is 42.5 Å². The Kier molecular flexibility index (Phi) is 7.01. The Morgan fingerprint density at radius 2 is 2.05 bits per heavy atom. The molecule has 1 aromatic rings. The summed E-state index contributed by atoms with van der Waals surface area (Å²) in [5.41, 5.74) is 2.79. The minimum absolute atomic E-state index is 0.210. The van der Waals surface area contributed by atoms with E-state index >= 15 is 0 Å². The number of benzene rings is 1. The highest BCUT2D eigenvalue weighted by atomic mass is 16.5. The zero-order valence-electron chi connectivity index (χ0n) is 12.4. The molecule has 112 valence electrons. The molecule has 0 spiro atoms. The lowest BCUT2D eigenvalue weighted by atomic mass is 9.97. The first-order valence-electron chi connectivity index (χ1n) is 7.51. The van der Waals surface area contributed by atoms with Gasteiger partial charge >= 0.3 is 0 Å². The molecule has 0 aliphatic carbocycles. The summed E-state index contributed by atoms with van der Waals surface area (Å²) in [6.07, 6.45) is 2.37. The van der Waals surface area contributed by atoms with Gasteiger partial charge in [0, 0.05) is 20.2 Å². The summed E-state index contributed by atoms with van der Waals surface area (Å²) < 4.78 is 10.9. The third-order valence-electron chi connectivity index (χ3n) is 3.61. The van der Waals surface area contributed by atoms with E-state index in [1.54, 1.807) is 7.11 Å². The lowest BCUT2D eigenvalue weighted by Gasteiger charge is -2.26. The van der Waals surface area contributed by atoms with Gasteiger partial charge in [-0.2, -0.15) is 0 Å². The molecular formula is C16H26N2O2. The standard InChI is InChI=1S/C16H26N2O2/c1-19-12-10-17-8-4-9-18-13-16-15-6-3-2-5-14(15)7-11-20-16/h2-3,5-6,16-18H,4,7-13H2,1H3. The van der Waals surface area contributed by atoms with Crippen molar-refractivity contribution in [2.45, 2.75) is 18.9 Å². The van der Waals surface area contributed by atoms with E-state index in [0.29, 0.717) is 0 Å². The van der Waals surface area contributed by atoms with Crippen molar-refractivity contribution in [3.8, 4) is 0 Å². The first-order chi connectivity index (χ1) is 9.92. The first kappa shape index (κ1) is 15.4. The zero-order chi connectivity index (χ0) is 14.0. The van der Waals surface area contributed by atoms with Gasteiger partial charge in [0.15, 0.2) is 0 Å². The maximum Gasteiger partial charge on any atom is 0.0952 e. The predicted molar refractivity (Wildman–Crippen MR) is 81.1 cm³/mol. The third kappa shape index (κ3) is 4.87. The maximum absolute atomic E-state index is 5.87. The average Bonchev–Trinajstić information content (AvgIpc) is 2.50. The second kappa shape index (κ2) is 9.08. The van der Waals surface area contributed by atoms with Crippen LogP contribution in [0, 0.1) is 0 Å². The molecule has 0 saturated carbocycles. The van der Waals surface area contributed by atoms with Gasteiger partial charge in [-0.15, -0.1) is 0 Å².